The van der Waals surface area contributed by atoms with Gasteiger partial charge < -0.3 is 9.05 Å². The van der Waals surface area contributed by atoms with E-state index in [2.05, 4.69) is 130 Å². The fourth-order valence-electron chi connectivity index (χ4n) is 4.92. The molecule has 0 saturated heterocycles. The summed E-state index contributed by atoms with van der Waals surface area (Å²) in [4.78, 5) is 4.99. The zero-order chi connectivity index (χ0) is 30.1. The highest BCUT2D eigenvalue weighted by Crippen LogP contribution is 2.49. The highest BCUT2D eigenvalue weighted by atomic mass is 31.2. The van der Waals surface area contributed by atoms with Gasteiger partial charge in [0.25, 0.3) is 0 Å². The molecule has 0 aromatic heterocycles. The van der Waals surface area contributed by atoms with Crippen LogP contribution >= 0.6 is 8.60 Å². The fourth-order valence-corrected chi connectivity index (χ4v) is 6.06. The Hall–Kier alpha value is -2.42. The molecular weight excluding hydrogens is 525 g/mol. The van der Waals surface area contributed by atoms with Gasteiger partial charge in [-0.2, -0.15) is 0 Å². The first-order valence-corrected chi connectivity index (χ1v) is 16.6. The minimum atomic E-state index is -1.76. The van der Waals surface area contributed by atoms with E-state index >= 15 is 0 Å². The molecule has 0 radical (unpaired) electrons. The summed E-state index contributed by atoms with van der Waals surface area (Å²) in [5.41, 5.74) is 4.70. The quantitative estimate of drug-likeness (QED) is 0.156. The van der Waals surface area contributed by atoms with Crippen LogP contribution in [0.2, 0.25) is 0 Å². The molecule has 2 aromatic rings. The van der Waals surface area contributed by atoms with E-state index in [1.807, 2.05) is 6.21 Å². The minimum Gasteiger partial charge on any atom is -0.417 e. The molecule has 224 valence electrons. The van der Waals surface area contributed by atoms with Crippen molar-refractivity contribution in [3.63, 3.8) is 0 Å². The smallest absolute Gasteiger partial charge is 0.417 e. The van der Waals surface area contributed by atoms with Gasteiger partial charge in [-0.3, -0.25) is 9.52 Å². The lowest BCUT2D eigenvalue weighted by molar-refractivity contribution is 0.221. The number of hydrogen-bond acceptors (Lipinski definition) is 4. The number of para-hydroxylation sites is 2. The lowest BCUT2D eigenvalue weighted by Crippen LogP contribution is -2.22. The van der Waals surface area contributed by atoms with Gasteiger partial charge in [0.15, 0.2) is 0 Å². The van der Waals surface area contributed by atoms with Crippen molar-refractivity contribution in [1.82, 2.24) is 0 Å². The second-order valence-electron chi connectivity index (χ2n) is 12.5. The van der Waals surface area contributed by atoms with Crippen molar-refractivity contribution in [2.24, 2.45) is 16.8 Å². The van der Waals surface area contributed by atoms with Crippen molar-refractivity contribution in [2.75, 3.05) is 6.61 Å². The Balaban J connectivity index is 2.02. The second kappa shape index (κ2) is 15.7. The van der Waals surface area contributed by atoms with E-state index < -0.39 is 8.60 Å². The molecule has 0 heterocycles. The van der Waals surface area contributed by atoms with Crippen molar-refractivity contribution < 1.29 is 13.6 Å². The molecule has 3 rings (SSSR count). The lowest BCUT2D eigenvalue weighted by atomic mass is 9.94. The van der Waals surface area contributed by atoms with Crippen molar-refractivity contribution in [3.8, 4) is 11.5 Å². The largest absolute Gasteiger partial charge is 0.463 e. The number of aliphatic imine (C=N–C) groups is 1. The molecule has 0 spiro atoms. The van der Waals surface area contributed by atoms with Gasteiger partial charge in [0.05, 0.1) is 12.6 Å². The van der Waals surface area contributed by atoms with Gasteiger partial charge >= 0.3 is 8.60 Å². The molecule has 0 saturated carbocycles. The van der Waals surface area contributed by atoms with Gasteiger partial charge in [-0.25, -0.2) is 0 Å². The number of hydrogen-bond donors (Lipinski definition) is 0. The molecule has 0 aliphatic heterocycles. The van der Waals surface area contributed by atoms with Crippen LogP contribution in [0.4, 0.5) is 0 Å². The summed E-state index contributed by atoms with van der Waals surface area (Å²) in [6.07, 6.45) is 11.5. The number of allylic oxidation sites excluding steroid dienone is 4. The second-order valence-corrected chi connectivity index (χ2v) is 13.5. The van der Waals surface area contributed by atoms with Crippen molar-refractivity contribution in [3.05, 3.63) is 83.0 Å². The number of rotatable bonds is 15. The van der Waals surface area contributed by atoms with Crippen LogP contribution in [0.5, 0.6) is 11.5 Å². The first kappa shape index (κ1) is 33.1. The van der Waals surface area contributed by atoms with Crippen LogP contribution in [0.15, 0.2) is 65.7 Å². The Morgan fingerprint density at radius 1 is 0.707 bits per heavy atom. The third-order valence-electron chi connectivity index (χ3n) is 7.85. The van der Waals surface area contributed by atoms with Crippen LogP contribution in [0.1, 0.15) is 122 Å². The SMILES string of the molecule is CC[C@H](C)[C@@H](COP(Oc1c(C(C)C)cccc1C(C)C)Oc1c(C(C)C)cccc1C(C)C)N=CC1C=CC=C1. The van der Waals surface area contributed by atoms with E-state index in [1.165, 1.54) is 22.3 Å². The summed E-state index contributed by atoms with van der Waals surface area (Å²) in [5.74, 6) is 3.61. The number of benzene rings is 2. The monoisotopic (exact) mass is 577 g/mol. The molecule has 41 heavy (non-hydrogen) atoms. The summed E-state index contributed by atoms with van der Waals surface area (Å²) in [6.45, 7) is 22.6. The molecule has 1 aliphatic carbocycles. The maximum Gasteiger partial charge on any atom is 0.463 e. The highest BCUT2D eigenvalue weighted by molar-refractivity contribution is 7.42. The van der Waals surface area contributed by atoms with Crippen LogP contribution in [-0.2, 0) is 4.52 Å². The van der Waals surface area contributed by atoms with Crippen LogP contribution in [0, 0.1) is 11.8 Å². The van der Waals surface area contributed by atoms with Crippen LogP contribution in [0.25, 0.3) is 0 Å². The Morgan fingerprint density at radius 2 is 1.12 bits per heavy atom. The van der Waals surface area contributed by atoms with Crippen molar-refractivity contribution in [1.29, 1.82) is 0 Å². The van der Waals surface area contributed by atoms with Gasteiger partial charge in [0.1, 0.15) is 11.5 Å². The zero-order valence-electron chi connectivity index (χ0n) is 26.9. The van der Waals surface area contributed by atoms with Crippen molar-refractivity contribution in [2.45, 2.75) is 105 Å². The lowest BCUT2D eigenvalue weighted by Gasteiger charge is -2.27. The first-order chi connectivity index (χ1) is 19.5. The normalized spacial score (nSPS) is 15.4. The molecule has 0 bridgehead atoms. The molecule has 0 N–H and O–H groups in total. The maximum absolute atomic E-state index is 6.86. The van der Waals surface area contributed by atoms with Crippen LogP contribution in [0.3, 0.4) is 0 Å². The molecule has 1 aliphatic rings. The predicted molar refractivity (Wildman–Crippen MR) is 177 cm³/mol. The minimum absolute atomic E-state index is 0.00873. The van der Waals surface area contributed by atoms with E-state index in [4.69, 9.17) is 18.6 Å². The van der Waals surface area contributed by atoms with Gasteiger partial charge in [-0.05, 0) is 51.8 Å². The fraction of sp³-hybridized carbons (Fsp3) is 0.528. The van der Waals surface area contributed by atoms with Crippen LogP contribution in [-0.4, -0.2) is 18.9 Å². The zero-order valence-corrected chi connectivity index (χ0v) is 27.8. The molecule has 4 nitrogen and oxygen atoms in total. The first-order valence-electron chi connectivity index (χ1n) is 15.5. The molecule has 5 heteroatoms. The molecule has 0 fully saturated rings. The Kier molecular flexibility index (Phi) is 12.7. The van der Waals surface area contributed by atoms with Crippen LogP contribution < -0.4 is 9.05 Å². The van der Waals surface area contributed by atoms with E-state index in [1.54, 1.807) is 0 Å². The van der Waals surface area contributed by atoms with E-state index in [0.29, 0.717) is 36.2 Å². The molecular formula is C36H52NO3P. The Labute approximate surface area is 251 Å². The molecule has 2 aromatic carbocycles. The molecule has 0 amide bonds. The maximum atomic E-state index is 6.86. The summed E-state index contributed by atoms with van der Waals surface area (Å²) in [5, 5.41) is 0. The van der Waals surface area contributed by atoms with E-state index in [-0.39, 0.29) is 12.0 Å². The summed E-state index contributed by atoms with van der Waals surface area (Å²) >= 11 is 0. The molecule has 2 atom stereocenters. The average Bonchev–Trinajstić information content (AvgIpc) is 3.45. The average molecular weight is 578 g/mol. The predicted octanol–water partition coefficient (Wildman–Crippen LogP) is 11.1. The van der Waals surface area contributed by atoms with E-state index in [9.17, 15) is 0 Å². The standard InChI is InChI=1S/C36H52NO3P/c1-11-28(10)34(37-22-29-16-12-13-17-29)23-38-41(39-35-30(24(2)3)18-14-19-31(35)25(4)5)40-36-32(26(6)7)20-15-21-33(36)27(8)9/h12-22,24-29,34H,11,23H2,1-10H3/t28-,34+/m0/s1. The summed E-state index contributed by atoms with van der Waals surface area (Å²) in [6, 6.07) is 12.9. The highest BCUT2D eigenvalue weighted by Gasteiger charge is 2.28. The Morgan fingerprint density at radius 3 is 1.49 bits per heavy atom. The van der Waals surface area contributed by atoms with Gasteiger partial charge in [0.2, 0.25) is 0 Å². The topological polar surface area (TPSA) is 40.0 Å². The van der Waals surface area contributed by atoms with Gasteiger partial charge in [-0.1, -0.05) is 136 Å². The Bertz CT molecular complexity index is 1070. The third kappa shape index (κ3) is 9.03. The van der Waals surface area contributed by atoms with Gasteiger partial charge in [-0.15, -0.1) is 0 Å². The van der Waals surface area contributed by atoms with Crippen molar-refractivity contribution >= 4 is 14.8 Å². The summed E-state index contributed by atoms with van der Waals surface area (Å²) in [7, 11) is -1.76. The summed E-state index contributed by atoms with van der Waals surface area (Å²) < 4.78 is 20.4. The molecule has 0 unspecified atom stereocenters. The van der Waals surface area contributed by atoms with E-state index in [0.717, 1.165) is 17.9 Å². The van der Waals surface area contributed by atoms with Gasteiger partial charge in [0, 0.05) is 12.1 Å². The number of nitrogens with zero attached hydrogens (tertiary/aromatic N) is 1. The third-order valence-corrected chi connectivity index (χ3v) is 8.87.